The van der Waals surface area contributed by atoms with Crippen molar-refractivity contribution < 1.29 is 28.8 Å². The number of nitrogens with zero attached hydrogens (tertiary/aromatic N) is 1. The minimum Gasteiger partial charge on any atom is -0.384 e. The van der Waals surface area contributed by atoms with Crippen molar-refractivity contribution in [2.24, 2.45) is 0 Å². The van der Waals surface area contributed by atoms with E-state index in [-0.39, 0.29) is 6.42 Å². The highest BCUT2D eigenvalue weighted by Crippen LogP contribution is 2.47. The standard InChI is InChI=1S/C18H25NO6/c1-16(2)21-10-12(23-16)13-18(20,9-11-7-5-6-8-19-11)14-15(22-13)25-17(3,4)24-14/h5-8,12-15,20H,9-10H2,1-4H3/t12-,13+,14-,15+,18+/m0/s1. The fraction of sp³-hybridized carbons (Fsp3) is 0.722. The van der Waals surface area contributed by atoms with Crippen LogP contribution in [0.3, 0.4) is 0 Å². The van der Waals surface area contributed by atoms with E-state index in [9.17, 15) is 5.11 Å². The Morgan fingerprint density at radius 2 is 1.88 bits per heavy atom. The molecular formula is C18H25NO6. The number of fused-ring (bicyclic) bond motifs is 1. The van der Waals surface area contributed by atoms with Gasteiger partial charge in [0.05, 0.1) is 6.61 Å². The SMILES string of the molecule is CC1(C)OC[C@@H]([C@H]2O[C@@H]3OC(C)(C)O[C@@H]3[C@@]2(O)Cc2ccccn2)O1. The van der Waals surface area contributed by atoms with Crippen LogP contribution >= 0.6 is 0 Å². The van der Waals surface area contributed by atoms with Crippen molar-refractivity contribution in [2.45, 2.75) is 75.9 Å². The summed E-state index contributed by atoms with van der Waals surface area (Å²) in [5.41, 5.74) is -0.577. The maximum atomic E-state index is 11.6. The predicted octanol–water partition coefficient (Wildman–Crippen LogP) is 1.38. The second-order valence-corrected chi connectivity index (χ2v) is 7.84. The van der Waals surface area contributed by atoms with E-state index in [0.717, 1.165) is 5.69 Å². The van der Waals surface area contributed by atoms with Gasteiger partial charge in [0.2, 0.25) is 0 Å². The fourth-order valence-electron chi connectivity index (χ4n) is 3.86. The molecule has 1 aromatic rings. The van der Waals surface area contributed by atoms with Gasteiger partial charge in [-0.15, -0.1) is 0 Å². The van der Waals surface area contributed by atoms with Crippen LogP contribution in [0, 0.1) is 0 Å². The maximum Gasteiger partial charge on any atom is 0.190 e. The summed E-state index contributed by atoms with van der Waals surface area (Å²) in [5.74, 6) is -1.52. The minimum absolute atomic E-state index is 0.277. The zero-order valence-electron chi connectivity index (χ0n) is 15.0. The van der Waals surface area contributed by atoms with Crippen molar-refractivity contribution in [2.75, 3.05) is 6.61 Å². The van der Waals surface area contributed by atoms with Gasteiger partial charge in [-0.05, 0) is 39.8 Å². The molecule has 0 aromatic carbocycles. The Morgan fingerprint density at radius 1 is 1.08 bits per heavy atom. The van der Waals surface area contributed by atoms with E-state index in [2.05, 4.69) is 4.98 Å². The molecule has 7 nitrogen and oxygen atoms in total. The van der Waals surface area contributed by atoms with Gasteiger partial charge in [0, 0.05) is 18.3 Å². The zero-order valence-corrected chi connectivity index (χ0v) is 15.0. The monoisotopic (exact) mass is 351 g/mol. The normalized spacial score (nSPS) is 41.8. The zero-order chi connectivity index (χ0) is 17.9. The topological polar surface area (TPSA) is 79.3 Å². The molecule has 7 heteroatoms. The summed E-state index contributed by atoms with van der Waals surface area (Å²) in [6, 6.07) is 5.61. The van der Waals surface area contributed by atoms with Crippen LogP contribution in [0.4, 0.5) is 0 Å². The van der Waals surface area contributed by atoms with Gasteiger partial charge in [-0.3, -0.25) is 4.98 Å². The smallest absolute Gasteiger partial charge is 0.190 e. The quantitative estimate of drug-likeness (QED) is 0.881. The molecule has 0 radical (unpaired) electrons. The van der Waals surface area contributed by atoms with Crippen LogP contribution in [0.1, 0.15) is 33.4 Å². The van der Waals surface area contributed by atoms with E-state index in [1.807, 2.05) is 45.9 Å². The van der Waals surface area contributed by atoms with Crippen LogP contribution in [0.5, 0.6) is 0 Å². The molecule has 1 aromatic heterocycles. The van der Waals surface area contributed by atoms with E-state index in [4.69, 9.17) is 23.7 Å². The lowest BCUT2D eigenvalue weighted by Crippen LogP contribution is -2.55. The molecule has 4 rings (SSSR count). The summed E-state index contributed by atoms with van der Waals surface area (Å²) < 4.78 is 29.5. The fourth-order valence-corrected chi connectivity index (χ4v) is 3.86. The molecule has 0 amide bonds. The lowest BCUT2D eigenvalue weighted by molar-refractivity contribution is -0.248. The molecule has 0 unspecified atom stereocenters. The number of hydrogen-bond donors (Lipinski definition) is 1. The molecule has 25 heavy (non-hydrogen) atoms. The van der Waals surface area contributed by atoms with Gasteiger partial charge in [-0.1, -0.05) is 6.07 Å². The summed E-state index contributed by atoms with van der Waals surface area (Å²) in [6.07, 6.45) is -0.343. The number of hydrogen-bond acceptors (Lipinski definition) is 7. The average molecular weight is 351 g/mol. The third-order valence-electron chi connectivity index (χ3n) is 4.88. The lowest BCUT2D eigenvalue weighted by atomic mass is 9.85. The molecule has 3 aliphatic rings. The van der Waals surface area contributed by atoms with Crippen molar-refractivity contribution in [3.05, 3.63) is 30.1 Å². The Labute approximate surface area is 147 Å². The number of ether oxygens (including phenoxy) is 5. The summed E-state index contributed by atoms with van der Waals surface area (Å²) in [4.78, 5) is 4.34. The van der Waals surface area contributed by atoms with Gasteiger partial charge < -0.3 is 28.8 Å². The van der Waals surface area contributed by atoms with Crippen molar-refractivity contribution >= 4 is 0 Å². The number of pyridine rings is 1. The van der Waals surface area contributed by atoms with Gasteiger partial charge in [0.1, 0.15) is 23.9 Å². The first-order valence-corrected chi connectivity index (χ1v) is 8.64. The highest BCUT2D eigenvalue weighted by molar-refractivity contribution is 5.16. The Morgan fingerprint density at radius 3 is 2.52 bits per heavy atom. The predicted molar refractivity (Wildman–Crippen MR) is 86.5 cm³/mol. The number of aliphatic hydroxyl groups is 1. The van der Waals surface area contributed by atoms with Crippen LogP contribution in [0.25, 0.3) is 0 Å². The Balaban J connectivity index is 1.64. The lowest BCUT2D eigenvalue weighted by Gasteiger charge is -2.35. The summed E-state index contributed by atoms with van der Waals surface area (Å²) in [7, 11) is 0. The third-order valence-corrected chi connectivity index (χ3v) is 4.88. The van der Waals surface area contributed by atoms with Crippen LogP contribution < -0.4 is 0 Å². The molecule has 0 bridgehead atoms. The molecule has 3 aliphatic heterocycles. The first-order valence-electron chi connectivity index (χ1n) is 8.64. The number of aromatic nitrogens is 1. The van der Waals surface area contributed by atoms with Crippen LogP contribution in [-0.4, -0.2) is 58.5 Å². The molecule has 1 N–H and O–H groups in total. The molecule has 0 saturated carbocycles. The van der Waals surface area contributed by atoms with E-state index >= 15 is 0 Å². The first kappa shape index (κ1) is 17.3. The molecule has 138 valence electrons. The van der Waals surface area contributed by atoms with Crippen LogP contribution in [0.2, 0.25) is 0 Å². The van der Waals surface area contributed by atoms with Gasteiger partial charge in [0.25, 0.3) is 0 Å². The molecule has 4 heterocycles. The Bertz CT molecular complexity index is 636. The maximum absolute atomic E-state index is 11.6. The van der Waals surface area contributed by atoms with Crippen molar-refractivity contribution in [1.82, 2.24) is 4.98 Å². The summed E-state index contributed by atoms with van der Waals surface area (Å²) in [6.45, 7) is 7.64. The third kappa shape index (κ3) is 3.09. The van der Waals surface area contributed by atoms with Crippen LogP contribution in [0.15, 0.2) is 24.4 Å². The molecular weight excluding hydrogens is 326 g/mol. The van der Waals surface area contributed by atoms with Crippen molar-refractivity contribution in [3.63, 3.8) is 0 Å². The first-order chi connectivity index (χ1) is 11.7. The molecule has 3 fully saturated rings. The second-order valence-electron chi connectivity index (χ2n) is 7.84. The van der Waals surface area contributed by atoms with E-state index in [0.29, 0.717) is 6.61 Å². The summed E-state index contributed by atoms with van der Waals surface area (Å²) >= 11 is 0. The highest BCUT2D eigenvalue weighted by atomic mass is 16.8. The van der Waals surface area contributed by atoms with Gasteiger partial charge in [-0.2, -0.15) is 0 Å². The van der Waals surface area contributed by atoms with E-state index < -0.39 is 41.8 Å². The highest BCUT2D eigenvalue weighted by Gasteiger charge is 2.66. The molecule has 0 spiro atoms. The molecule has 5 atom stereocenters. The van der Waals surface area contributed by atoms with Crippen LogP contribution in [-0.2, 0) is 30.1 Å². The largest absolute Gasteiger partial charge is 0.384 e. The van der Waals surface area contributed by atoms with Gasteiger partial charge in [0.15, 0.2) is 17.9 Å². The Kier molecular flexibility index (Phi) is 3.95. The Hall–Kier alpha value is -1.09. The summed E-state index contributed by atoms with van der Waals surface area (Å²) in [5, 5.41) is 11.6. The van der Waals surface area contributed by atoms with Gasteiger partial charge >= 0.3 is 0 Å². The van der Waals surface area contributed by atoms with Crippen molar-refractivity contribution in [3.8, 4) is 0 Å². The van der Waals surface area contributed by atoms with E-state index in [1.165, 1.54) is 0 Å². The number of rotatable bonds is 3. The minimum atomic E-state index is -1.33. The van der Waals surface area contributed by atoms with Crippen molar-refractivity contribution in [1.29, 1.82) is 0 Å². The van der Waals surface area contributed by atoms with E-state index in [1.54, 1.807) is 6.20 Å². The molecule has 0 aliphatic carbocycles. The van der Waals surface area contributed by atoms with Gasteiger partial charge in [-0.25, -0.2) is 0 Å². The second kappa shape index (κ2) is 5.70. The average Bonchev–Trinajstić information content (AvgIpc) is 3.11. The molecule has 3 saturated heterocycles.